The van der Waals surface area contributed by atoms with Crippen molar-refractivity contribution in [1.82, 2.24) is 19.4 Å². The van der Waals surface area contributed by atoms with Crippen molar-refractivity contribution >= 4 is 58.9 Å². The molecule has 1 saturated heterocycles. The Kier molecular flexibility index (Phi) is 9.29. The van der Waals surface area contributed by atoms with E-state index >= 15 is 0 Å². The number of rotatable bonds is 7. The molecule has 4 aromatic rings. The van der Waals surface area contributed by atoms with Gasteiger partial charge in [0.05, 0.1) is 28.4 Å². The van der Waals surface area contributed by atoms with E-state index in [0.29, 0.717) is 21.4 Å². The van der Waals surface area contributed by atoms with Crippen molar-refractivity contribution in [1.29, 1.82) is 0 Å². The van der Waals surface area contributed by atoms with E-state index in [1.54, 1.807) is 36.4 Å². The number of hydrogen-bond acceptors (Lipinski definition) is 7. The fourth-order valence-corrected chi connectivity index (χ4v) is 7.74. The first kappa shape index (κ1) is 32.1. The number of aromatic nitrogens is 2. The van der Waals surface area contributed by atoms with Crippen molar-refractivity contribution in [2.45, 2.75) is 35.2 Å². The Balaban J connectivity index is 0.000000541. The van der Waals surface area contributed by atoms with E-state index in [4.69, 9.17) is 9.90 Å². The normalized spacial score (nSPS) is 17.1. The van der Waals surface area contributed by atoms with Crippen molar-refractivity contribution in [3.05, 3.63) is 94.2 Å². The molecular weight excluding hydrogens is 681 g/mol. The third kappa shape index (κ3) is 7.78. The van der Waals surface area contributed by atoms with Gasteiger partial charge in [-0.2, -0.15) is 13.2 Å². The van der Waals surface area contributed by atoms with Gasteiger partial charge in [0.2, 0.25) is 26.0 Å². The van der Waals surface area contributed by atoms with E-state index in [9.17, 15) is 34.8 Å². The molecule has 11 nitrogen and oxygen atoms in total. The molecule has 3 aromatic carbocycles. The molecule has 1 amide bonds. The summed E-state index contributed by atoms with van der Waals surface area (Å²) in [5.74, 6) is -2.85. The number of hydrogen-bond donors (Lipinski definition) is 4. The number of carboxylic acids is 1. The minimum Gasteiger partial charge on any atom is -0.475 e. The average Bonchev–Trinajstić information content (AvgIpc) is 3.48. The van der Waals surface area contributed by atoms with Crippen molar-refractivity contribution in [2.75, 3.05) is 0 Å². The molecule has 43 heavy (non-hydrogen) atoms. The number of carbonyl (C=O) groups excluding carboxylic acids is 1. The lowest BCUT2D eigenvalue weighted by molar-refractivity contribution is -0.192. The molecule has 228 valence electrons. The third-order valence-corrected chi connectivity index (χ3v) is 10.0. The number of fused-ring (bicyclic) bond motifs is 1. The Morgan fingerprint density at radius 2 is 1.72 bits per heavy atom. The summed E-state index contributed by atoms with van der Waals surface area (Å²) in [4.78, 5) is 28.5. The number of nitrogens with one attached hydrogen (secondary N) is 3. The monoisotopic (exact) mass is 702 g/mol. The summed E-state index contributed by atoms with van der Waals surface area (Å²) in [7, 11) is -7.66. The lowest BCUT2D eigenvalue weighted by atomic mass is 10.0. The molecule has 1 aromatic heterocycles. The molecule has 2 heterocycles. The predicted octanol–water partition coefficient (Wildman–Crippen LogP) is 4.11. The molecular formula is C26H22BrF3N4O7S2. The number of carboxylic acid groups (broad SMARTS) is 1. The van der Waals surface area contributed by atoms with Gasteiger partial charge in [0.1, 0.15) is 11.1 Å². The fourth-order valence-electron chi connectivity index (χ4n) is 4.21. The molecule has 17 heteroatoms. The Labute approximate surface area is 251 Å². The van der Waals surface area contributed by atoms with E-state index in [0.717, 1.165) is 11.1 Å². The first-order valence-corrected chi connectivity index (χ1v) is 16.0. The molecule has 2 atom stereocenters. The summed E-state index contributed by atoms with van der Waals surface area (Å²) in [5.41, 5.74) is 2.68. The number of alkyl halides is 3. The van der Waals surface area contributed by atoms with Crippen LogP contribution in [0.3, 0.4) is 0 Å². The Hall–Kier alpha value is -3.80. The van der Waals surface area contributed by atoms with Gasteiger partial charge >= 0.3 is 12.1 Å². The number of benzene rings is 3. The van der Waals surface area contributed by atoms with Gasteiger partial charge in [0.25, 0.3) is 0 Å². The number of sulfonamides is 2. The van der Waals surface area contributed by atoms with E-state index in [1.165, 1.54) is 12.1 Å². The van der Waals surface area contributed by atoms with Gasteiger partial charge in [-0.05, 0) is 47.9 Å². The van der Waals surface area contributed by atoms with Crippen LogP contribution >= 0.6 is 15.9 Å². The minimum atomic E-state index is -5.08. The van der Waals surface area contributed by atoms with Crippen molar-refractivity contribution in [3.8, 4) is 0 Å². The maximum atomic E-state index is 13.2. The molecule has 1 aliphatic heterocycles. The van der Waals surface area contributed by atoms with E-state index in [1.807, 2.05) is 29.0 Å². The largest absolute Gasteiger partial charge is 0.490 e. The van der Waals surface area contributed by atoms with Gasteiger partial charge in [0.15, 0.2) is 0 Å². The number of aliphatic carboxylic acids is 1. The predicted molar refractivity (Wildman–Crippen MR) is 152 cm³/mol. The highest BCUT2D eigenvalue weighted by atomic mass is 79.9. The first-order chi connectivity index (χ1) is 20.1. The second kappa shape index (κ2) is 12.4. The zero-order valence-electron chi connectivity index (χ0n) is 21.7. The van der Waals surface area contributed by atoms with Crippen molar-refractivity contribution in [2.24, 2.45) is 0 Å². The second-order valence-corrected chi connectivity index (χ2v) is 13.7. The topological polar surface area (TPSA) is 175 Å². The van der Waals surface area contributed by atoms with Crippen LogP contribution in [0.15, 0.2) is 82.2 Å². The molecule has 5 rings (SSSR count). The number of H-pyrrole nitrogens is 1. The van der Waals surface area contributed by atoms with Gasteiger partial charge in [-0.25, -0.2) is 31.3 Å². The number of carbonyl (C=O) groups is 2. The number of para-hydroxylation sites is 2. The maximum absolute atomic E-state index is 13.2. The molecule has 0 radical (unpaired) electrons. The molecule has 1 fully saturated rings. The zero-order valence-corrected chi connectivity index (χ0v) is 24.9. The highest BCUT2D eigenvalue weighted by molar-refractivity contribution is 9.10. The van der Waals surface area contributed by atoms with Gasteiger partial charge < -0.3 is 10.1 Å². The summed E-state index contributed by atoms with van der Waals surface area (Å²) >= 11 is 3.44. The van der Waals surface area contributed by atoms with E-state index < -0.39 is 49.4 Å². The van der Waals surface area contributed by atoms with Gasteiger partial charge in [-0.15, -0.1) is 0 Å². The summed E-state index contributed by atoms with van der Waals surface area (Å²) in [5, 5.41) is 6.14. The van der Waals surface area contributed by atoms with Gasteiger partial charge in [-0.3, -0.25) is 9.52 Å². The summed E-state index contributed by atoms with van der Waals surface area (Å²) in [6.45, 7) is 0. The molecule has 0 saturated carbocycles. The van der Waals surface area contributed by atoms with Crippen LogP contribution in [0.2, 0.25) is 0 Å². The molecule has 0 aliphatic carbocycles. The summed E-state index contributed by atoms with van der Waals surface area (Å²) < 4.78 is 87.9. The quantitative estimate of drug-likeness (QED) is 0.223. The summed E-state index contributed by atoms with van der Waals surface area (Å²) in [6, 6.07) is 19.8. The van der Waals surface area contributed by atoms with Crippen LogP contribution in [0.5, 0.6) is 0 Å². The number of nitrogens with zero attached hydrogens (tertiary/aromatic N) is 1. The lowest BCUT2D eigenvalue weighted by Crippen LogP contribution is -2.31. The minimum absolute atomic E-state index is 0.131. The van der Waals surface area contributed by atoms with Crippen LogP contribution in [0.25, 0.3) is 11.0 Å². The van der Waals surface area contributed by atoms with Gasteiger partial charge in [-0.1, -0.05) is 58.4 Å². The first-order valence-electron chi connectivity index (χ1n) is 12.2. The molecule has 0 bridgehead atoms. The van der Waals surface area contributed by atoms with Crippen molar-refractivity contribution < 1.29 is 44.7 Å². The third-order valence-electron chi connectivity index (χ3n) is 6.18. The number of aromatic amines is 1. The second-order valence-electron chi connectivity index (χ2n) is 9.25. The number of amides is 1. The smallest absolute Gasteiger partial charge is 0.475 e. The van der Waals surface area contributed by atoms with Crippen LogP contribution in [0, 0.1) is 0 Å². The van der Waals surface area contributed by atoms with Crippen LogP contribution in [0.1, 0.15) is 34.7 Å². The molecule has 1 unspecified atom stereocenters. The van der Waals surface area contributed by atoms with Crippen LogP contribution in [0.4, 0.5) is 13.2 Å². The highest BCUT2D eigenvalue weighted by Gasteiger charge is 2.39. The Bertz CT molecular complexity index is 1850. The lowest BCUT2D eigenvalue weighted by Gasteiger charge is -2.18. The van der Waals surface area contributed by atoms with E-state index in [-0.39, 0.29) is 17.7 Å². The summed E-state index contributed by atoms with van der Waals surface area (Å²) in [6.07, 6.45) is -5.00. The number of imidazole rings is 1. The molecule has 0 spiro atoms. The average molecular weight is 704 g/mol. The van der Waals surface area contributed by atoms with Crippen LogP contribution in [-0.4, -0.2) is 50.0 Å². The molecule has 4 N–H and O–H groups in total. The fraction of sp³-hybridized carbons (Fsp3) is 0.192. The standard InChI is InChI=1S/C24H21BrN4O5S2.C2HF3O2/c25-18-12-15(10-11-17(18)22-14-23(30)29-36(22,33)34)13-21(24-26-19-8-4-5-9-20(19)27-24)28-35(31,32)16-6-2-1-3-7-16;3-2(4,5)1(6)7/h1-12,21-22,28H,13-14H2,(H,26,27)(H,29,30);(H,6,7)/t21-,22?;/m0./s1. The highest BCUT2D eigenvalue weighted by Crippen LogP contribution is 2.36. The SMILES string of the molecule is O=C(O)C(F)(F)F.O=C1CC(c2ccc(C[C@H](NS(=O)(=O)c3ccccc3)c3nc4ccccc4[nH]3)cc2Br)S(=O)(=O)N1. The van der Waals surface area contributed by atoms with Gasteiger partial charge in [0, 0.05) is 4.47 Å². The number of halogens is 4. The zero-order chi connectivity index (χ0) is 31.6. The van der Waals surface area contributed by atoms with Crippen molar-refractivity contribution in [3.63, 3.8) is 0 Å². The van der Waals surface area contributed by atoms with Crippen LogP contribution in [-0.2, 0) is 36.1 Å². The molecule has 1 aliphatic rings. The Morgan fingerprint density at radius 1 is 1.09 bits per heavy atom. The van der Waals surface area contributed by atoms with Crippen LogP contribution < -0.4 is 9.44 Å². The Morgan fingerprint density at radius 3 is 2.28 bits per heavy atom. The maximum Gasteiger partial charge on any atom is 0.490 e. The van der Waals surface area contributed by atoms with E-state index in [2.05, 4.69) is 30.6 Å².